The van der Waals surface area contributed by atoms with Crippen LogP contribution in [0.1, 0.15) is 61.0 Å². The minimum Gasteiger partial charge on any atom is -0.381 e. The maximum absolute atomic E-state index is 16.2. The van der Waals surface area contributed by atoms with Gasteiger partial charge in [0.25, 0.3) is 0 Å². The number of morpholine rings is 1. The number of benzene rings is 1. The Kier molecular flexibility index (Phi) is 9.31. The van der Waals surface area contributed by atoms with Crippen molar-refractivity contribution in [2.75, 3.05) is 38.2 Å². The van der Waals surface area contributed by atoms with Gasteiger partial charge in [0.05, 0.1) is 12.3 Å². The van der Waals surface area contributed by atoms with Gasteiger partial charge < -0.3 is 20.1 Å². The number of alkyl halides is 1. The lowest BCUT2D eigenvalue weighted by molar-refractivity contribution is -0.119. The summed E-state index contributed by atoms with van der Waals surface area (Å²) in [6, 6.07) is 7.23. The van der Waals surface area contributed by atoms with Gasteiger partial charge in [-0.15, -0.1) is 0 Å². The highest BCUT2D eigenvalue weighted by atomic mass is 35.5. The van der Waals surface area contributed by atoms with E-state index in [0.717, 1.165) is 54.7 Å². The van der Waals surface area contributed by atoms with Crippen LogP contribution < -0.4 is 10.6 Å². The first-order valence-corrected chi connectivity index (χ1v) is 14.6. The first-order valence-electron chi connectivity index (χ1n) is 14.3. The van der Waals surface area contributed by atoms with E-state index in [-0.39, 0.29) is 23.0 Å². The van der Waals surface area contributed by atoms with Gasteiger partial charge in [0.2, 0.25) is 5.28 Å². The van der Waals surface area contributed by atoms with E-state index in [1.807, 2.05) is 25.1 Å². The molecule has 3 heterocycles. The third kappa shape index (κ3) is 6.46. The number of ether oxygens (including phenoxy) is 2. The normalized spacial score (nSPS) is 24.8. The molecule has 40 heavy (non-hydrogen) atoms. The smallest absolute Gasteiger partial charge is 0.224 e. The second-order valence-electron chi connectivity index (χ2n) is 10.9. The first kappa shape index (κ1) is 28.9. The van der Waals surface area contributed by atoms with Crippen LogP contribution in [0.2, 0.25) is 5.28 Å². The molecule has 0 amide bonds. The van der Waals surface area contributed by atoms with E-state index in [1.54, 1.807) is 12.1 Å². The number of carbonyl (C=O) groups excluding carboxylic acids is 1. The van der Waals surface area contributed by atoms with E-state index in [0.29, 0.717) is 50.5 Å². The number of ketones is 1. The summed E-state index contributed by atoms with van der Waals surface area (Å²) in [5.74, 6) is 0.809. The maximum Gasteiger partial charge on any atom is 0.224 e. The van der Waals surface area contributed by atoms with Crippen LogP contribution >= 0.6 is 11.6 Å². The van der Waals surface area contributed by atoms with Crippen LogP contribution in [0, 0.1) is 5.92 Å². The van der Waals surface area contributed by atoms with E-state index in [4.69, 9.17) is 21.1 Å². The van der Waals surface area contributed by atoms with Gasteiger partial charge in [0.15, 0.2) is 11.5 Å². The summed E-state index contributed by atoms with van der Waals surface area (Å²) < 4.78 is 27.5. The van der Waals surface area contributed by atoms with Gasteiger partial charge in [-0.3, -0.25) is 4.79 Å². The molecule has 0 radical (unpaired) electrons. The standard InChI is InChI=1S/C31H38ClFN4O3/c1-3-31(33,28-19-34-11-14-40-28)24-9-6-8-23(18-24)20(2)35-29-25-15-21(16-26(25)36-30(32)37-29)17-27(38)22-7-4-5-12-39-13-10-22/h3,6,8-9,17-18,20,22,28,34H,1,4-5,7,10-16,19H2,2H3,(H,35,36,37)/t20-,22?,28?,31?/m1/s1. The Balaban J connectivity index is 1.32. The van der Waals surface area contributed by atoms with Crippen molar-refractivity contribution in [2.24, 2.45) is 5.92 Å². The number of hydrogen-bond acceptors (Lipinski definition) is 7. The van der Waals surface area contributed by atoms with Crippen LogP contribution in [0.4, 0.5) is 10.2 Å². The summed E-state index contributed by atoms with van der Waals surface area (Å²) in [5.41, 5.74) is 2.37. The highest BCUT2D eigenvalue weighted by Crippen LogP contribution is 2.37. The molecule has 2 aliphatic heterocycles. The Morgan fingerprint density at radius 2 is 2.12 bits per heavy atom. The Morgan fingerprint density at radius 1 is 1.25 bits per heavy atom. The number of hydrogen-bond donors (Lipinski definition) is 2. The Hall–Kier alpha value is -2.65. The highest BCUT2D eigenvalue weighted by Gasteiger charge is 2.40. The van der Waals surface area contributed by atoms with Crippen LogP contribution in [0.25, 0.3) is 0 Å². The summed E-state index contributed by atoms with van der Waals surface area (Å²) in [6.07, 6.45) is 7.33. The number of fused-ring (bicyclic) bond motifs is 1. The molecule has 5 rings (SSSR count). The molecular formula is C31H38ClFN4O3. The predicted octanol–water partition coefficient (Wildman–Crippen LogP) is 5.44. The monoisotopic (exact) mass is 568 g/mol. The molecule has 0 saturated carbocycles. The van der Waals surface area contributed by atoms with Crippen molar-refractivity contribution in [1.29, 1.82) is 0 Å². The molecule has 2 fully saturated rings. The fourth-order valence-corrected chi connectivity index (χ4v) is 6.02. The van der Waals surface area contributed by atoms with Crippen LogP contribution in [0.3, 0.4) is 0 Å². The van der Waals surface area contributed by atoms with Crippen molar-refractivity contribution in [3.05, 3.63) is 76.2 Å². The highest BCUT2D eigenvalue weighted by molar-refractivity contribution is 6.28. The van der Waals surface area contributed by atoms with Gasteiger partial charge in [-0.25, -0.2) is 14.4 Å². The summed E-state index contributed by atoms with van der Waals surface area (Å²) in [4.78, 5) is 22.0. The average molecular weight is 569 g/mol. The Labute approximate surface area is 240 Å². The summed E-state index contributed by atoms with van der Waals surface area (Å²) >= 11 is 6.31. The van der Waals surface area contributed by atoms with Crippen molar-refractivity contribution in [3.8, 4) is 0 Å². The lowest BCUT2D eigenvalue weighted by atomic mass is 9.87. The fraction of sp³-hybridized carbons (Fsp3) is 0.516. The van der Waals surface area contributed by atoms with E-state index < -0.39 is 11.8 Å². The van der Waals surface area contributed by atoms with Crippen LogP contribution in [-0.4, -0.2) is 54.8 Å². The second-order valence-corrected chi connectivity index (χ2v) is 11.3. The van der Waals surface area contributed by atoms with Gasteiger partial charge in [-0.1, -0.05) is 42.8 Å². The minimum absolute atomic E-state index is 0.00376. The van der Waals surface area contributed by atoms with Crippen molar-refractivity contribution in [1.82, 2.24) is 15.3 Å². The largest absolute Gasteiger partial charge is 0.381 e. The number of anilines is 1. The third-order valence-electron chi connectivity index (χ3n) is 8.19. The zero-order valence-corrected chi connectivity index (χ0v) is 23.8. The molecule has 7 nitrogen and oxygen atoms in total. The number of carbonyl (C=O) groups is 1. The lowest BCUT2D eigenvalue weighted by Crippen LogP contribution is -2.48. The molecule has 2 aromatic rings. The molecule has 1 aliphatic carbocycles. The third-order valence-corrected chi connectivity index (χ3v) is 8.36. The van der Waals surface area contributed by atoms with Gasteiger partial charge in [0.1, 0.15) is 11.9 Å². The SMILES string of the molecule is C=CC(F)(c1cccc([C@@H](C)Nc2nc(Cl)nc3c2CC(=CC(=O)C2CCCCOCC2)C3)c1)C1CNCCO1. The van der Waals surface area contributed by atoms with Crippen molar-refractivity contribution in [2.45, 2.75) is 63.3 Å². The molecule has 3 aliphatic rings. The van der Waals surface area contributed by atoms with E-state index >= 15 is 4.39 Å². The van der Waals surface area contributed by atoms with Crippen molar-refractivity contribution >= 4 is 23.2 Å². The molecule has 1 aromatic carbocycles. The molecule has 9 heteroatoms. The topological polar surface area (TPSA) is 85.4 Å². The molecule has 2 saturated heterocycles. The Bertz CT molecular complexity index is 1260. The molecule has 0 spiro atoms. The van der Waals surface area contributed by atoms with Crippen LogP contribution in [0.15, 0.2) is 48.6 Å². The van der Waals surface area contributed by atoms with Gasteiger partial charge in [-0.05, 0) is 67.5 Å². The van der Waals surface area contributed by atoms with Gasteiger partial charge in [0, 0.05) is 50.2 Å². The fourth-order valence-electron chi connectivity index (χ4n) is 5.83. The summed E-state index contributed by atoms with van der Waals surface area (Å²) in [5, 5.41) is 6.83. The number of allylic oxidation sites excluding steroid dienone is 2. The van der Waals surface area contributed by atoms with Crippen molar-refractivity contribution < 1.29 is 18.7 Å². The number of rotatable bonds is 8. The average Bonchev–Trinajstić information content (AvgIpc) is 3.35. The van der Waals surface area contributed by atoms with E-state index in [2.05, 4.69) is 27.2 Å². The van der Waals surface area contributed by atoms with Crippen LogP contribution in [-0.2, 0) is 32.8 Å². The number of aromatic nitrogens is 2. The summed E-state index contributed by atoms with van der Waals surface area (Å²) in [6.45, 7) is 8.77. The van der Waals surface area contributed by atoms with E-state index in [9.17, 15) is 4.79 Å². The first-order chi connectivity index (χ1) is 19.4. The van der Waals surface area contributed by atoms with Crippen LogP contribution in [0.5, 0.6) is 0 Å². The zero-order valence-electron chi connectivity index (χ0n) is 23.1. The minimum atomic E-state index is -1.82. The molecule has 0 bridgehead atoms. The number of nitrogens with zero attached hydrogens (tertiary/aromatic N) is 2. The molecule has 1 aromatic heterocycles. The molecule has 2 N–H and O–H groups in total. The number of halogens is 2. The van der Waals surface area contributed by atoms with Gasteiger partial charge >= 0.3 is 0 Å². The summed E-state index contributed by atoms with van der Waals surface area (Å²) in [7, 11) is 0. The molecule has 4 atom stereocenters. The molecule has 3 unspecified atom stereocenters. The maximum atomic E-state index is 16.2. The van der Waals surface area contributed by atoms with Gasteiger partial charge in [-0.2, -0.15) is 0 Å². The predicted molar refractivity (Wildman–Crippen MR) is 154 cm³/mol. The lowest BCUT2D eigenvalue weighted by Gasteiger charge is -2.35. The second kappa shape index (κ2) is 12.9. The van der Waals surface area contributed by atoms with E-state index in [1.165, 1.54) is 6.08 Å². The van der Waals surface area contributed by atoms with Crippen molar-refractivity contribution in [3.63, 3.8) is 0 Å². The zero-order chi connectivity index (χ0) is 28.1. The molecule has 214 valence electrons. The Morgan fingerprint density at radius 3 is 2.92 bits per heavy atom. The quantitative estimate of drug-likeness (QED) is 0.249. The number of nitrogens with one attached hydrogen (secondary N) is 2. The molecular weight excluding hydrogens is 531 g/mol.